The monoisotopic (exact) mass is 529 g/mol. The van der Waals surface area contributed by atoms with Crippen LogP contribution in [0.15, 0.2) is 66.9 Å². The number of nitrogens with one attached hydrogen (secondary N) is 2. The molecule has 2 aromatic heterocycles. The van der Waals surface area contributed by atoms with Crippen molar-refractivity contribution in [1.29, 1.82) is 0 Å². The largest absolute Gasteiger partial charge is 0.466 e. The molecule has 4 rings (SSSR count). The Morgan fingerprint density at radius 2 is 1.79 bits per heavy atom. The van der Waals surface area contributed by atoms with Crippen molar-refractivity contribution in [2.24, 2.45) is 0 Å². The Morgan fingerprint density at radius 3 is 2.56 bits per heavy atom. The predicted octanol–water partition coefficient (Wildman–Crippen LogP) is 4.78. The van der Waals surface area contributed by atoms with Gasteiger partial charge in [-0.1, -0.05) is 36.4 Å². The maximum absolute atomic E-state index is 13.3. The van der Waals surface area contributed by atoms with E-state index in [2.05, 4.69) is 20.7 Å². The fourth-order valence-corrected chi connectivity index (χ4v) is 3.90. The van der Waals surface area contributed by atoms with Crippen LogP contribution in [0, 0.1) is 0 Å². The van der Waals surface area contributed by atoms with Gasteiger partial charge in [0.05, 0.1) is 24.2 Å². The van der Waals surface area contributed by atoms with Gasteiger partial charge in [0.25, 0.3) is 5.91 Å². The molecule has 4 aromatic rings. The van der Waals surface area contributed by atoms with Crippen LogP contribution in [0.2, 0.25) is 0 Å². The molecule has 39 heavy (non-hydrogen) atoms. The second-order valence-corrected chi connectivity index (χ2v) is 9.77. The van der Waals surface area contributed by atoms with Crippen LogP contribution in [0.4, 0.5) is 10.5 Å². The molecule has 10 heteroatoms. The molecule has 202 valence electrons. The van der Waals surface area contributed by atoms with E-state index in [1.165, 1.54) is 0 Å². The highest BCUT2D eigenvalue weighted by Gasteiger charge is 2.19. The van der Waals surface area contributed by atoms with Crippen LogP contribution in [0.3, 0.4) is 0 Å². The third-order valence-electron chi connectivity index (χ3n) is 5.54. The second kappa shape index (κ2) is 11.8. The lowest BCUT2D eigenvalue weighted by molar-refractivity contribution is -0.142. The van der Waals surface area contributed by atoms with E-state index >= 15 is 0 Å². The predicted molar refractivity (Wildman–Crippen MR) is 146 cm³/mol. The minimum Gasteiger partial charge on any atom is -0.466 e. The van der Waals surface area contributed by atoms with Crippen LogP contribution < -0.4 is 10.6 Å². The SMILES string of the molecule is CCOC(=O)Cc1ccccc1NC(=O)c1nc(-c2cccc(CNC(=O)OC(C)(C)C)c2)c2cccn2n1. The Balaban J connectivity index is 1.59. The van der Waals surface area contributed by atoms with Crippen molar-refractivity contribution in [2.45, 2.75) is 46.3 Å². The lowest BCUT2D eigenvalue weighted by Crippen LogP contribution is -2.32. The third kappa shape index (κ3) is 7.19. The highest BCUT2D eigenvalue weighted by Crippen LogP contribution is 2.24. The zero-order valence-electron chi connectivity index (χ0n) is 22.4. The summed E-state index contributed by atoms with van der Waals surface area (Å²) in [5, 5.41) is 9.96. The number of carbonyl (C=O) groups is 3. The molecule has 0 saturated heterocycles. The summed E-state index contributed by atoms with van der Waals surface area (Å²) in [4.78, 5) is 42.0. The van der Waals surface area contributed by atoms with Crippen molar-refractivity contribution in [3.05, 3.63) is 83.8 Å². The average molecular weight is 530 g/mol. The average Bonchev–Trinajstić information content (AvgIpc) is 3.36. The van der Waals surface area contributed by atoms with Crippen LogP contribution in [0.1, 0.15) is 49.4 Å². The Morgan fingerprint density at radius 1 is 1.00 bits per heavy atom. The summed E-state index contributed by atoms with van der Waals surface area (Å²) in [7, 11) is 0. The van der Waals surface area contributed by atoms with Gasteiger partial charge >= 0.3 is 12.1 Å². The van der Waals surface area contributed by atoms with Crippen molar-refractivity contribution in [2.75, 3.05) is 11.9 Å². The fourth-order valence-electron chi connectivity index (χ4n) is 3.90. The normalized spacial score (nSPS) is 11.2. The highest BCUT2D eigenvalue weighted by atomic mass is 16.6. The number of hydrogen-bond acceptors (Lipinski definition) is 7. The summed E-state index contributed by atoms with van der Waals surface area (Å²) in [5.74, 6) is -0.949. The van der Waals surface area contributed by atoms with Crippen LogP contribution in [-0.2, 0) is 27.2 Å². The molecule has 2 heterocycles. The van der Waals surface area contributed by atoms with Crippen molar-refractivity contribution in [3.63, 3.8) is 0 Å². The zero-order chi connectivity index (χ0) is 28.0. The van der Waals surface area contributed by atoms with Crippen LogP contribution in [-0.4, -0.2) is 44.8 Å². The molecule has 0 aliphatic carbocycles. The lowest BCUT2D eigenvalue weighted by atomic mass is 10.1. The van der Waals surface area contributed by atoms with E-state index in [-0.39, 0.29) is 31.4 Å². The van der Waals surface area contributed by atoms with Crippen LogP contribution in [0.25, 0.3) is 16.8 Å². The topological polar surface area (TPSA) is 124 Å². The van der Waals surface area contributed by atoms with Crippen molar-refractivity contribution in [1.82, 2.24) is 19.9 Å². The molecule has 0 aliphatic rings. The number of amides is 2. The highest BCUT2D eigenvalue weighted by molar-refractivity contribution is 6.02. The first-order valence-electron chi connectivity index (χ1n) is 12.6. The number of esters is 1. The Hall–Kier alpha value is -4.73. The summed E-state index contributed by atoms with van der Waals surface area (Å²) in [6.45, 7) is 7.69. The van der Waals surface area contributed by atoms with Crippen molar-refractivity contribution < 1.29 is 23.9 Å². The maximum atomic E-state index is 13.3. The summed E-state index contributed by atoms with van der Waals surface area (Å²) in [6, 6.07) is 18.2. The van der Waals surface area contributed by atoms with E-state index in [0.29, 0.717) is 22.5 Å². The van der Waals surface area contributed by atoms with Gasteiger partial charge in [0.1, 0.15) is 5.60 Å². The van der Waals surface area contributed by atoms with E-state index in [9.17, 15) is 14.4 Å². The van der Waals surface area contributed by atoms with Gasteiger partial charge in [-0.05, 0) is 63.1 Å². The third-order valence-corrected chi connectivity index (χ3v) is 5.54. The quantitative estimate of drug-likeness (QED) is 0.315. The summed E-state index contributed by atoms with van der Waals surface area (Å²) in [5.41, 5.74) is 3.36. The van der Waals surface area contributed by atoms with E-state index in [0.717, 1.165) is 11.1 Å². The maximum Gasteiger partial charge on any atom is 0.407 e. The summed E-state index contributed by atoms with van der Waals surface area (Å²) >= 11 is 0. The van der Waals surface area contributed by atoms with Gasteiger partial charge in [-0.25, -0.2) is 14.3 Å². The number of nitrogens with zero attached hydrogens (tertiary/aromatic N) is 3. The number of rotatable bonds is 8. The van der Waals surface area contributed by atoms with Gasteiger partial charge in [0.2, 0.25) is 5.82 Å². The minimum atomic E-state index is -0.593. The first kappa shape index (κ1) is 27.3. The molecule has 0 atom stereocenters. The van der Waals surface area contributed by atoms with E-state index < -0.39 is 17.6 Å². The molecule has 2 N–H and O–H groups in total. The summed E-state index contributed by atoms with van der Waals surface area (Å²) < 4.78 is 11.9. The molecule has 0 fully saturated rings. The Bertz CT molecular complexity index is 1510. The lowest BCUT2D eigenvalue weighted by Gasteiger charge is -2.19. The van der Waals surface area contributed by atoms with Crippen LogP contribution >= 0.6 is 0 Å². The number of fused-ring (bicyclic) bond motifs is 1. The number of aromatic nitrogens is 3. The Labute approximate surface area is 226 Å². The number of hydrogen-bond donors (Lipinski definition) is 2. The number of carbonyl (C=O) groups excluding carboxylic acids is 3. The number of alkyl carbamates (subject to hydrolysis) is 1. The first-order valence-corrected chi connectivity index (χ1v) is 12.6. The smallest absolute Gasteiger partial charge is 0.407 e. The van der Waals surface area contributed by atoms with E-state index in [1.54, 1.807) is 62.7 Å². The van der Waals surface area contributed by atoms with Gasteiger partial charge in [0, 0.05) is 24.0 Å². The molecule has 0 bridgehead atoms. The standard InChI is InChI=1S/C29H31N5O5/c1-5-38-24(35)17-20-11-6-7-13-22(20)31-27(36)26-32-25(23-14-9-15-34(23)33-26)21-12-8-10-19(16-21)18-30-28(37)39-29(2,3)4/h6-16H,5,17-18H2,1-4H3,(H,30,37)(H,31,36). The zero-order valence-corrected chi connectivity index (χ0v) is 22.4. The molecular weight excluding hydrogens is 498 g/mol. The number of ether oxygens (including phenoxy) is 2. The molecule has 0 spiro atoms. The molecule has 2 amide bonds. The van der Waals surface area contributed by atoms with E-state index in [1.807, 2.05) is 36.4 Å². The van der Waals surface area contributed by atoms with Gasteiger partial charge < -0.3 is 20.1 Å². The first-order chi connectivity index (χ1) is 18.6. The van der Waals surface area contributed by atoms with Crippen molar-refractivity contribution in [3.8, 4) is 11.3 Å². The molecule has 0 aliphatic heterocycles. The van der Waals surface area contributed by atoms with Gasteiger partial charge in [-0.15, -0.1) is 5.10 Å². The number of anilines is 1. The van der Waals surface area contributed by atoms with Crippen LogP contribution in [0.5, 0.6) is 0 Å². The van der Waals surface area contributed by atoms with Gasteiger partial charge in [-0.3, -0.25) is 9.59 Å². The molecule has 2 aromatic carbocycles. The summed E-state index contributed by atoms with van der Waals surface area (Å²) in [6.07, 6.45) is 1.25. The number of benzene rings is 2. The van der Waals surface area contributed by atoms with E-state index in [4.69, 9.17) is 9.47 Å². The minimum absolute atomic E-state index is 0.0250. The van der Waals surface area contributed by atoms with Gasteiger partial charge in [-0.2, -0.15) is 0 Å². The fraction of sp³-hybridized carbons (Fsp3) is 0.276. The molecule has 10 nitrogen and oxygen atoms in total. The molecule has 0 unspecified atom stereocenters. The van der Waals surface area contributed by atoms with Gasteiger partial charge in [0.15, 0.2) is 0 Å². The Kier molecular flexibility index (Phi) is 8.24. The van der Waals surface area contributed by atoms with Crippen molar-refractivity contribution >= 4 is 29.2 Å². The molecular formula is C29H31N5O5. The molecule has 0 saturated carbocycles. The number of para-hydroxylation sites is 1. The molecule has 0 radical (unpaired) electrons. The second-order valence-electron chi connectivity index (χ2n) is 9.77.